The fraction of sp³-hybridized carbons (Fsp3) is 0.0741. The molecule has 0 aromatic heterocycles. The minimum atomic E-state index is -0.125. The average Bonchev–Trinajstić information content (AvgIpc) is 3.23. The van der Waals surface area contributed by atoms with Gasteiger partial charge in [-0.05, 0) is 78.4 Å². The summed E-state index contributed by atoms with van der Waals surface area (Å²) < 4.78 is 11.9. The number of nitrogens with zero attached hydrogens (tertiary/aromatic N) is 1. The summed E-state index contributed by atoms with van der Waals surface area (Å²) >= 11 is 7.54. The molecule has 1 saturated heterocycles. The van der Waals surface area contributed by atoms with Crippen molar-refractivity contribution in [3.63, 3.8) is 0 Å². The highest BCUT2D eigenvalue weighted by Crippen LogP contribution is 2.43. The lowest BCUT2D eigenvalue weighted by Crippen LogP contribution is -2.27. The Morgan fingerprint density at radius 1 is 0.727 bits per heavy atom. The number of amides is 1. The lowest BCUT2D eigenvalue weighted by atomic mass is 10.1. The molecule has 164 valence electrons. The van der Waals surface area contributed by atoms with Gasteiger partial charge in [-0.25, -0.2) is 0 Å². The van der Waals surface area contributed by atoms with Gasteiger partial charge < -0.3 is 9.47 Å². The molecular weight excluding hydrogens is 454 g/mol. The molecule has 0 saturated carbocycles. The monoisotopic (exact) mass is 473 g/mol. The van der Waals surface area contributed by atoms with Crippen LogP contribution in [0.5, 0.6) is 23.0 Å². The molecule has 1 atom stereocenters. The molecule has 1 fully saturated rings. The van der Waals surface area contributed by atoms with Crippen LogP contribution in [-0.4, -0.2) is 11.7 Å². The van der Waals surface area contributed by atoms with Crippen molar-refractivity contribution in [2.75, 3.05) is 10.7 Å². The molecule has 0 bridgehead atoms. The highest BCUT2D eigenvalue weighted by molar-refractivity contribution is 8.00. The zero-order chi connectivity index (χ0) is 22.6. The normalized spacial score (nSPS) is 15.5. The summed E-state index contributed by atoms with van der Waals surface area (Å²) in [6.07, 6.45) is 0. The van der Waals surface area contributed by atoms with Crippen LogP contribution in [0, 0.1) is 0 Å². The third-order valence-corrected chi connectivity index (χ3v) is 6.62. The maximum atomic E-state index is 12.8. The minimum Gasteiger partial charge on any atom is -0.457 e. The highest BCUT2D eigenvalue weighted by Gasteiger charge is 2.34. The van der Waals surface area contributed by atoms with E-state index in [4.69, 9.17) is 21.1 Å². The van der Waals surface area contributed by atoms with Crippen molar-refractivity contribution in [3.05, 3.63) is 114 Å². The molecule has 0 radical (unpaired) electrons. The van der Waals surface area contributed by atoms with E-state index in [1.807, 2.05) is 95.9 Å². The van der Waals surface area contributed by atoms with Crippen molar-refractivity contribution in [1.29, 1.82) is 0 Å². The van der Waals surface area contributed by atoms with Gasteiger partial charge in [-0.15, -0.1) is 11.8 Å². The summed E-state index contributed by atoms with van der Waals surface area (Å²) in [7, 11) is 0. The molecule has 4 nitrogen and oxygen atoms in total. The topological polar surface area (TPSA) is 38.8 Å². The second kappa shape index (κ2) is 9.61. The fourth-order valence-electron chi connectivity index (χ4n) is 3.62. The number of hydrogen-bond donors (Lipinski definition) is 0. The Bertz CT molecular complexity index is 1250. The summed E-state index contributed by atoms with van der Waals surface area (Å²) in [5, 5.41) is 0.534. The van der Waals surface area contributed by atoms with Gasteiger partial charge in [0.05, 0.1) is 5.75 Å². The third-order valence-electron chi connectivity index (χ3n) is 5.15. The van der Waals surface area contributed by atoms with Crippen LogP contribution < -0.4 is 14.4 Å². The number of anilines is 1. The van der Waals surface area contributed by atoms with Crippen LogP contribution in [0.2, 0.25) is 5.02 Å². The molecule has 33 heavy (non-hydrogen) atoms. The summed E-state index contributed by atoms with van der Waals surface area (Å²) in [4.78, 5) is 14.6. The molecule has 5 rings (SSSR count). The van der Waals surface area contributed by atoms with Gasteiger partial charge in [0.15, 0.2) is 0 Å². The summed E-state index contributed by atoms with van der Waals surface area (Å²) in [5.74, 6) is 3.41. The number of rotatable bonds is 6. The van der Waals surface area contributed by atoms with E-state index in [0.29, 0.717) is 22.3 Å². The van der Waals surface area contributed by atoms with Gasteiger partial charge in [-0.2, -0.15) is 0 Å². The Hall–Kier alpha value is -3.41. The highest BCUT2D eigenvalue weighted by atomic mass is 35.5. The van der Waals surface area contributed by atoms with E-state index in [2.05, 4.69) is 0 Å². The molecule has 0 aliphatic carbocycles. The Kier molecular flexibility index (Phi) is 6.24. The standard InChI is InChI=1S/C27H20ClNO3S/c28-20-9-13-23(14-10-20)31-24-15-11-21(12-16-24)29-26(30)18-33-27(29)19-5-4-8-25(17-19)32-22-6-2-1-3-7-22/h1-17,27H,18H2/t27-/m0/s1. The number of hydrogen-bond acceptors (Lipinski definition) is 4. The van der Waals surface area contributed by atoms with Crippen molar-refractivity contribution in [2.45, 2.75) is 5.37 Å². The van der Waals surface area contributed by atoms with Crippen LogP contribution >= 0.6 is 23.4 Å². The van der Waals surface area contributed by atoms with Crippen molar-refractivity contribution in [3.8, 4) is 23.0 Å². The predicted octanol–water partition coefficient (Wildman–Crippen LogP) is 7.70. The molecule has 4 aromatic carbocycles. The minimum absolute atomic E-state index is 0.0748. The molecule has 1 aliphatic rings. The maximum Gasteiger partial charge on any atom is 0.238 e. The van der Waals surface area contributed by atoms with Crippen molar-refractivity contribution in [2.24, 2.45) is 0 Å². The number of benzene rings is 4. The van der Waals surface area contributed by atoms with E-state index < -0.39 is 0 Å². The number of para-hydroxylation sites is 1. The lowest BCUT2D eigenvalue weighted by molar-refractivity contribution is -0.115. The fourth-order valence-corrected chi connectivity index (χ4v) is 4.91. The van der Waals surface area contributed by atoms with Gasteiger partial charge in [0.1, 0.15) is 28.4 Å². The molecule has 0 unspecified atom stereocenters. The number of carbonyl (C=O) groups is 1. The van der Waals surface area contributed by atoms with E-state index in [-0.39, 0.29) is 11.3 Å². The van der Waals surface area contributed by atoms with Gasteiger partial charge in [-0.3, -0.25) is 9.69 Å². The van der Waals surface area contributed by atoms with Gasteiger partial charge in [0.2, 0.25) is 5.91 Å². The zero-order valence-electron chi connectivity index (χ0n) is 17.6. The van der Waals surface area contributed by atoms with Gasteiger partial charge >= 0.3 is 0 Å². The largest absolute Gasteiger partial charge is 0.457 e. The Labute approximate surface area is 201 Å². The first-order valence-electron chi connectivity index (χ1n) is 10.5. The smallest absolute Gasteiger partial charge is 0.238 e. The summed E-state index contributed by atoms with van der Waals surface area (Å²) in [6.45, 7) is 0. The van der Waals surface area contributed by atoms with Crippen LogP contribution in [0.4, 0.5) is 5.69 Å². The van der Waals surface area contributed by atoms with Crippen molar-refractivity contribution < 1.29 is 14.3 Å². The SMILES string of the molecule is O=C1CS[C@@H](c2cccc(Oc3ccccc3)c2)N1c1ccc(Oc2ccc(Cl)cc2)cc1. The van der Waals surface area contributed by atoms with Crippen LogP contribution in [0.25, 0.3) is 0 Å². The summed E-state index contributed by atoms with van der Waals surface area (Å²) in [6, 6.07) is 32.3. The molecule has 0 N–H and O–H groups in total. The van der Waals surface area contributed by atoms with Gasteiger partial charge in [0.25, 0.3) is 0 Å². The number of halogens is 1. The second-order valence-electron chi connectivity index (χ2n) is 7.46. The second-order valence-corrected chi connectivity index (χ2v) is 8.97. The molecular formula is C27H20ClNO3S. The predicted molar refractivity (Wildman–Crippen MR) is 134 cm³/mol. The first kappa shape index (κ1) is 21.4. The summed E-state index contributed by atoms with van der Waals surface area (Å²) in [5.41, 5.74) is 1.84. The van der Waals surface area contributed by atoms with Crippen LogP contribution in [-0.2, 0) is 4.79 Å². The average molecular weight is 474 g/mol. The van der Waals surface area contributed by atoms with Crippen LogP contribution in [0.15, 0.2) is 103 Å². The number of carbonyl (C=O) groups excluding carboxylic acids is 1. The van der Waals surface area contributed by atoms with Crippen molar-refractivity contribution >= 4 is 35.0 Å². The molecule has 0 spiro atoms. The quantitative estimate of drug-likeness (QED) is 0.287. The molecule has 1 aliphatic heterocycles. The Morgan fingerprint density at radius 2 is 1.33 bits per heavy atom. The van der Waals surface area contributed by atoms with E-state index in [9.17, 15) is 4.79 Å². The number of ether oxygens (including phenoxy) is 2. The first-order chi connectivity index (χ1) is 16.2. The van der Waals surface area contributed by atoms with Gasteiger partial charge in [-0.1, -0.05) is 41.9 Å². The van der Waals surface area contributed by atoms with E-state index in [1.165, 1.54) is 0 Å². The Balaban J connectivity index is 1.35. The van der Waals surface area contributed by atoms with E-state index in [0.717, 1.165) is 22.7 Å². The van der Waals surface area contributed by atoms with E-state index in [1.54, 1.807) is 23.9 Å². The lowest BCUT2D eigenvalue weighted by Gasteiger charge is -2.25. The van der Waals surface area contributed by atoms with E-state index >= 15 is 0 Å². The maximum absolute atomic E-state index is 12.8. The van der Waals surface area contributed by atoms with Crippen molar-refractivity contribution in [1.82, 2.24) is 0 Å². The van der Waals surface area contributed by atoms with Crippen LogP contribution in [0.1, 0.15) is 10.9 Å². The molecule has 1 amide bonds. The molecule has 4 aromatic rings. The Morgan fingerprint density at radius 3 is 2.06 bits per heavy atom. The third kappa shape index (κ3) is 5.00. The van der Waals surface area contributed by atoms with Gasteiger partial charge in [0, 0.05) is 10.7 Å². The zero-order valence-corrected chi connectivity index (χ0v) is 19.1. The molecule has 1 heterocycles. The molecule has 6 heteroatoms. The number of thioether (sulfide) groups is 1. The first-order valence-corrected chi connectivity index (χ1v) is 11.9. The van der Waals surface area contributed by atoms with Crippen LogP contribution in [0.3, 0.4) is 0 Å².